The van der Waals surface area contributed by atoms with Crippen molar-refractivity contribution in [3.63, 3.8) is 0 Å². The summed E-state index contributed by atoms with van der Waals surface area (Å²) in [7, 11) is 0. The molecule has 3 heteroatoms. The molecule has 1 aliphatic rings. The van der Waals surface area contributed by atoms with E-state index in [0.29, 0.717) is 18.4 Å². The van der Waals surface area contributed by atoms with E-state index in [1.54, 1.807) is 0 Å². The van der Waals surface area contributed by atoms with Crippen LogP contribution >= 0.6 is 0 Å². The zero-order valence-electron chi connectivity index (χ0n) is 11.3. The second kappa shape index (κ2) is 5.47. The molecule has 0 heterocycles. The van der Waals surface area contributed by atoms with Gasteiger partial charge in [-0.1, -0.05) is 42.5 Å². The zero-order chi connectivity index (χ0) is 13.9. The Morgan fingerprint density at radius 3 is 2.35 bits per heavy atom. The molecular formula is C17H18N2O. The van der Waals surface area contributed by atoms with Crippen molar-refractivity contribution in [3.05, 3.63) is 65.7 Å². The maximum Gasteiger partial charge on any atom is 0.228 e. The molecule has 3 rings (SSSR count). The first-order valence-corrected chi connectivity index (χ1v) is 6.92. The Morgan fingerprint density at radius 2 is 1.75 bits per heavy atom. The molecular weight excluding hydrogens is 248 g/mol. The molecule has 2 atom stereocenters. The molecule has 3 nitrogen and oxygen atoms in total. The third-order valence-corrected chi connectivity index (χ3v) is 3.67. The van der Waals surface area contributed by atoms with Gasteiger partial charge in [-0.25, -0.2) is 0 Å². The SMILES string of the molecule is N[C@@H]1C[C@H]1c1ccc(NC(=O)Cc2ccccc2)cc1. The quantitative estimate of drug-likeness (QED) is 0.894. The van der Waals surface area contributed by atoms with Gasteiger partial charge < -0.3 is 11.1 Å². The van der Waals surface area contributed by atoms with Gasteiger partial charge in [-0.15, -0.1) is 0 Å². The molecule has 0 saturated heterocycles. The van der Waals surface area contributed by atoms with Crippen LogP contribution in [0.15, 0.2) is 54.6 Å². The van der Waals surface area contributed by atoms with Crippen LogP contribution in [0.25, 0.3) is 0 Å². The smallest absolute Gasteiger partial charge is 0.228 e. The summed E-state index contributed by atoms with van der Waals surface area (Å²) >= 11 is 0. The van der Waals surface area contributed by atoms with Crippen LogP contribution in [0.4, 0.5) is 5.69 Å². The van der Waals surface area contributed by atoms with E-state index in [2.05, 4.69) is 17.4 Å². The average Bonchev–Trinajstić information content (AvgIpc) is 3.18. The van der Waals surface area contributed by atoms with E-state index in [-0.39, 0.29) is 5.91 Å². The molecule has 0 aromatic heterocycles. The van der Waals surface area contributed by atoms with Crippen molar-refractivity contribution >= 4 is 11.6 Å². The molecule has 3 N–H and O–H groups in total. The Kier molecular flexibility index (Phi) is 3.52. The van der Waals surface area contributed by atoms with Crippen LogP contribution in [-0.4, -0.2) is 11.9 Å². The minimum atomic E-state index is 0.00655. The van der Waals surface area contributed by atoms with Gasteiger partial charge in [-0.3, -0.25) is 4.79 Å². The summed E-state index contributed by atoms with van der Waals surface area (Å²) in [6, 6.07) is 18.1. The van der Waals surface area contributed by atoms with Crippen molar-refractivity contribution in [3.8, 4) is 0 Å². The van der Waals surface area contributed by atoms with Gasteiger partial charge in [-0.2, -0.15) is 0 Å². The lowest BCUT2D eigenvalue weighted by Gasteiger charge is -2.06. The molecule has 1 amide bonds. The van der Waals surface area contributed by atoms with Crippen LogP contribution in [0.2, 0.25) is 0 Å². The molecule has 0 aliphatic heterocycles. The fourth-order valence-corrected chi connectivity index (χ4v) is 2.40. The van der Waals surface area contributed by atoms with E-state index in [0.717, 1.165) is 17.7 Å². The molecule has 20 heavy (non-hydrogen) atoms. The average molecular weight is 266 g/mol. The number of amides is 1. The van der Waals surface area contributed by atoms with E-state index in [4.69, 9.17) is 5.73 Å². The number of carbonyl (C=O) groups excluding carboxylic acids is 1. The number of nitrogens with one attached hydrogen (secondary N) is 1. The van der Waals surface area contributed by atoms with Crippen LogP contribution < -0.4 is 11.1 Å². The van der Waals surface area contributed by atoms with Crippen molar-refractivity contribution in [2.75, 3.05) is 5.32 Å². The predicted octanol–water partition coefficient (Wildman–Crippen LogP) is 2.68. The van der Waals surface area contributed by atoms with Crippen molar-refractivity contribution in [2.24, 2.45) is 5.73 Å². The normalized spacial score (nSPS) is 20.4. The Morgan fingerprint density at radius 1 is 1.10 bits per heavy atom. The summed E-state index contributed by atoms with van der Waals surface area (Å²) in [6.07, 6.45) is 1.47. The van der Waals surface area contributed by atoms with E-state index < -0.39 is 0 Å². The summed E-state index contributed by atoms with van der Waals surface area (Å²) in [6.45, 7) is 0. The highest BCUT2D eigenvalue weighted by molar-refractivity contribution is 5.92. The van der Waals surface area contributed by atoms with E-state index in [1.807, 2.05) is 42.5 Å². The van der Waals surface area contributed by atoms with Gasteiger partial charge in [0.15, 0.2) is 0 Å². The third-order valence-electron chi connectivity index (χ3n) is 3.67. The number of hydrogen-bond donors (Lipinski definition) is 2. The lowest BCUT2D eigenvalue weighted by atomic mass is 10.1. The van der Waals surface area contributed by atoms with Crippen molar-refractivity contribution < 1.29 is 4.79 Å². The number of anilines is 1. The Balaban J connectivity index is 1.58. The molecule has 2 aromatic rings. The van der Waals surface area contributed by atoms with Gasteiger partial charge in [0.05, 0.1) is 6.42 Å². The number of benzene rings is 2. The van der Waals surface area contributed by atoms with Gasteiger partial charge in [0.1, 0.15) is 0 Å². The number of nitrogens with two attached hydrogens (primary N) is 1. The van der Waals surface area contributed by atoms with Gasteiger partial charge in [-0.05, 0) is 29.7 Å². The largest absolute Gasteiger partial charge is 0.327 e. The highest BCUT2D eigenvalue weighted by Crippen LogP contribution is 2.39. The van der Waals surface area contributed by atoms with Crippen LogP contribution in [0.5, 0.6) is 0 Å². The second-order valence-electron chi connectivity index (χ2n) is 5.34. The summed E-state index contributed by atoms with van der Waals surface area (Å²) in [5.41, 5.74) is 8.95. The highest BCUT2D eigenvalue weighted by atomic mass is 16.1. The molecule has 2 aromatic carbocycles. The molecule has 1 aliphatic carbocycles. The fourth-order valence-electron chi connectivity index (χ4n) is 2.40. The van der Waals surface area contributed by atoms with E-state index >= 15 is 0 Å². The predicted molar refractivity (Wildman–Crippen MR) is 80.6 cm³/mol. The maximum atomic E-state index is 11.9. The summed E-state index contributed by atoms with van der Waals surface area (Å²) < 4.78 is 0. The summed E-state index contributed by atoms with van der Waals surface area (Å²) in [5.74, 6) is 0.510. The minimum Gasteiger partial charge on any atom is -0.327 e. The van der Waals surface area contributed by atoms with Gasteiger partial charge in [0.25, 0.3) is 0 Å². The molecule has 1 saturated carbocycles. The standard InChI is InChI=1S/C17H18N2O/c18-16-11-15(16)13-6-8-14(9-7-13)19-17(20)10-12-4-2-1-3-5-12/h1-9,15-16H,10-11,18H2,(H,19,20)/t15-,16+/m0/s1. The fraction of sp³-hybridized carbons (Fsp3) is 0.235. The van der Waals surface area contributed by atoms with E-state index in [1.165, 1.54) is 5.56 Å². The van der Waals surface area contributed by atoms with Crippen LogP contribution in [0.1, 0.15) is 23.5 Å². The van der Waals surface area contributed by atoms with Gasteiger partial charge in [0, 0.05) is 17.6 Å². The van der Waals surface area contributed by atoms with Crippen LogP contribution in [0, 0.1) is 0 Å². The maximum absolute atomic E-state index is 11.9. The molecule has 0 spiro atoms. The molecule has 0 bridgehead atoms. The summed E-state index contributed by atoms with van der Waals surface area (Å²) in [5, 5.41) is 2.92. The second-order valence-corrected chi connectivity index (χ2v) is 5.34. The Bertz CT molecular complexity index is 592. The molecule has 0 radical (unpaired) electrons. The van der Waals surface area contributed by atoms with Crippen molar-refractivity contribution in [1.29, 1.82) is 0 Å². The Hall–Kier alpha value is -2.13. The van der Waals surface area contributed by atoms with Gasteiger partial charge in [0.2, 0.25) is 5.91 Å². The lowest BCUT2D eigenvalue weighted by Crippen LogP contribution is -2.14. The molecule has 0 unspecified atom stereocenters. The summed E-state index contributed by atoms with van der Waals surface area (Å²) in [4.78, 5) is 11.9. The van der Waals surface area contributed by atoms with Crippen LogP contribution in [0.3, 0.4) is 0 Å². The number of hydrogen-bond acceptors (Lipinski definition) is 2. The first-order valence-electron chi connectivity index (χ1n) is 6.92. The minimum absolute atomic E-state index is 0.00655. The lowest BCUT2D eigenvalue weighted by molar-refractivity contribution is -0.115. The van der Waals surface area contributed by atoms with E-state index in [9.17, 15) is 4.79 Å². The monoisotopic (exact) mass is 266 g/mol. The number of rotatable bonds is 4. The number of carbonyl (C=O) groups is 1. The highest BCUT2D eigenvalue weighted by Gasteiger charge is 2.34. The first-order chi connectivity index (χ1) is 9.72. The van der Waals surface area contributed by atoms with Gasteiger partial charge >= 0.3 is 0 Å². The van der Waals surface area contributed by atoms with Crippen LogP contribution in [-0.2, 0) is 11.2 Å². The Labute approximate surface area is 118 Å². The topological polar surface area (TPSA) is 55.1 Å². The van der Waals surface area contributed by atoms with Crippen molar-refractivity contribution in [1.82, 2.24) is 0 Å². The molecule has 1 fully saturated rings. The molecule has 102 valence electrons. The van der Waals surface area contributed by atoms with Crippen molar-refractivity contribution in [2.45, 2.75) is 24.8 Å². The third kappa shape index (κ3) is 3.06. The first kappa shape index (κ1) is 12.9. The zero-order valence-corrected chi connectivity index (χ0v) is 11.3.